The standard InChI is InChI=1S/C10H12BrFN2O/c1-6(5-13)14-10(15)7-2-3-9(12)8(11)4-7/h2-4,6H,5,13H2,1H3,(H,14,15)/t6-/m1/s1. The van der Waals surface area contributed by atoms with Crippen LogP contribution < -0.4 is 11.1 Å². The van der Waals surface area contributed by atoms with E-state index in [4.69, 9.17) is 5.73 Å². The summed E-state index contributed by atoms with van der Waals surface area (Å²) in [6, 6.07) is 4.01. The van der Waals surface area contributed by atoms with Gasteiger partial charge in [0.15, 0.2) is 0 Å². The topological polar surface area (TPSA) is 55.1 Å². The summed E-state index contributed by atoms with van der Waals surface area (Å²) in [5.74, 6) is -0.646. The van der Waals surface area contributed by atoms with Gasteiger partial charge in [-0.2, -0.15) is 0 Å². The second-order valence-electron chi connectivity index (χ2n) is 3.24. The fraction of sp³-hybridized carbons (Fsp3) is 0.300. The minimum atomic E-state index is -0.390. The summed E-state index contributed by atoms with van der Waals surface area (Å²) in [7, 11) is 0. The van der Waals surface area contributed by atoms with Gasteiger partial charge in [0.2, 0.25) is 0 Å². The van der Waals surface area contributed by atoms with Crippen LogP contribution >= 0.6 is 15.9 Å². The summed E-state index contributed by atoms with van der Waals surface area (Å²) in [6.07, 6.45) is 0. The van der Waals surface area contributed by atoms with E-state index in [1.807, 2.05) is 0 Å². The lowest BCUT2D eigenvalue weighted by atomic mass is 10.2. The summed E-state index contributed by atoms with van der Waals surface area (Å²) < 4.78 is 13.2. The van der Waals surface area contributed by atoms with Crippen LogP contribution in [0.1, 0.15) is 17.3 Å². The van der Waals surface area contributed by atoms with Crippen molar-refractivity contribution in [2.24, 2.45) is 5.73 Å². The number of rotatable bonds is 3. The maximum atomic E-state index is 12.9. The van der Waals surface area contributed by atoms with Crippen LogP contribution in [0.25, 0.3) is 0 Å². The summed E-state index contributed by atoms with van der Waals surface area (Å²) in [5, 5.41) is 2.69. The van der Waals surface area contributed by atoms with Crippen molar-refractivity contribution in [1.82, 2.24) is 5.32 Å². The van der Waals surface area contributed by atoms with Crippen molar-refractivity contribution >= 4 is 21.8 Å². The van der Waals surface area contributed by atoms with E-state index >= 15 is 0 Å². The molecule has 1 aromatic rings. The smallest absolute Gasteiger partial charge is 0.251 e. The van der Waals surface area contributed by atoms with Gasteiger partial charge in [0.25, 0.3) is 5.91 Å². The first kappa shape index (κ1) is 12.1. The number of halogens is 2. The first-order chi connectivity index (χ1) is 7.04. The summed E-state index contributed by atoms with van der Waals surface area (Å²) >= 11 is 3.02. The third-order valence-electron chi connectivity index (χ3n) is 1.91. The second-order valence-corrected chi connectivity index (χ2v) is 4.09. The molecule has 0 unspecified atom stereocenters. The number of hydrogen-bond acceptors (Lipinski definition) is 2. The molecule has 1 rings (SSSR count). The van der Waals surface area contributed by atoms with E-state index in [1.54, 1.807) is 6.92 Å². The monoisotopic (exact) mass is 274 g/mol. The number of benzene rings is 1. The van der Waals surface area contributed by atoms with Gasteiger partial charge < -0.3 is 11.1 Å². The highest BCUT2D eigenvalue weighted by molar-refractivity contribution is 9.10. The Balaban J connectivity index is 2.78. The Morgan fingerprint density at radius 1 is 1.67 bits per heavy atom. The first-order valence-electron chi connectivity index (χ1n) is 4.50. The number of carbonyl (C=O) groups is 1. The average molecular weight is 275 g/mol. The predicted molar refractivity (Wildman–Crippen MR) is 60.1 cm³/mol. The molecule has 82 valence electrons. The van der Waals surface area contributed by atoms with Gasteiger partial charge in [-0.15, -0.1) is 0 Å². The SMILES string of the molecule is C[C@H](CN)NC(=O)c1ccc(F)c(Br)c1. The lowest BCUT2D eigenvalue weighted by molar-refractivity contribution is 0.0941. The fourth-order valence-electron chi connectivity index (χ4n) is 1.00. The Kier molecular flexibility index (Phi) is 4.23. The quantitative estimate of drug-likeness (QED) is 0.881. The lowest BCUT2D eigenvalue weighted by Crippen LogP contribution is -2.37. The normalized spacial score (nSPS) is 12.3. The molecule has 3 N–H and O–H groups in total. The van der Waals surface area contributed by atoms with Crippen molar-refractivity contribution in [2.75, 3.05) is 6.54 Å². The molecular formula is C10H12BrFN2O. The summed E-state index contributed by atoms with van der Waals surface area (Å²) in [5.41, 5.74) is 5.77. The molecule has 1 atom stereocenters. The Bertz CT molecular complexity index is 370. The van der Waals surface area contributed by atoms with E-state index in [0.29, 0.717) is 12.1 Å². The zero-order chi connectivity index (χ0) is 11.4. The van der Waals surface area contributed by atoms with Gasteiger partial charge in [-0.3, -0.25) is 4.79 Å². The van der Waals surface area contributed by atoms with Crippen molar-refractivity contribution in [3.8, 4) is 0 Å². The maximum absolute atomic E-state index is 12.9. The van der Waals surface area contributed by atoms with Crippen LogP contribution in [-0.2, 0) is 0 Å². The molecule has 5 heteroatoms. The van der Waals surface area contributed by atoms with E-state index in [1.165, 1.54) is 18.2 Å². The molecular weight excluding hydrogens is 263 g/mol. The van der Waals surface area contributed by atoms with E-state index in [-0.39, 0.29) is 16.4 Å². The largest absolute Gasteiger partial charge is 0.348 e. The molecule has 1 amide bonds. The first-order valence-corrected chi connectivity index (χ1v) is 5.30. The van der Waals surface area contributed by atoms with Crippen LogP contribution in [0.15, 0.2) is 22.7 Å². The van der Waals surface area contributed by atoms with Crippen molar-refractivity contribution in [3.05, 3.63) is 34.1 Å². The number of amides is 1. The van der Waals surface area contributed by atoms with Crippen molar-refractivity contribution in [3.63, 3.8) is 0 Å². The molecule has 0 bridgehead atoms. The van der Waals surface area contributed by atoms with E-state index in [9.17, 15) is 9.18 Å². The molecule has 0 fully saturated rings. The predicted octanol–water partition coefficient (Wildman–Crippen LogP) is 1.67. The van der Waals surface area contributed by atoms with Gasteiger partial charge in [0, 0.05) is 18.2 Å². The summed E-state index contributed by atoms with van der Waals surface area (Å²) in [4.78, 5) is 11.6. The van der Waals surface area contributed by atoms with Gasteiger partial charge in [-0.05, 0) is 41.1 Å². The van der Waals surface area contributed by atoms with Gasteiger partial charge in [-0.1, -0.05) is 0 Å². The molecule has 0 aromatic heterocycles. The lowest BCUT2D eigenvalue weighted by Gasteiger charge is -2.11. The van der Waals surface area contributed by atoms with Gasteiger partial charge >= 0.3 is 0 Å². The fourth-order valence-corrected chi connectivity index (χ4v) is 1.38. The highest BCUT2D eigenvalue weighted by atomic mass is 79.9. The van der Waals surface area contributed by atoms with Crippen LogP contribution in [0.4, 0.5) is 4.39 Å². The minimum absolute atomic E-state index is 0.0960. The molecule has 0 radical (unpaired) electrons. The molecule has 0 aliphatic heterocycles. The Morgan fingerprint density at radius 2 is 2.33 bits per heavy atom. The average Bonchev–Trinajstić information content (AvgIpc) is 2.21. The molecule has 0 saturated carbocycles. The van der Waals surface area contributed by atoms with Gasteiger partial charge in [-0.25, -0.2) is 4.39 Å². The maximum Gasteiger partial charge on any atom is 0.251 e. The third kappa shape index (κ3) is 3.28. The van der Waals surface area contributed by atoms with Crippen LogP contribution in [0.3, 0.4) is 0 Å². The molecule has 0 saturated heterocycles. The van der Waals surface area contributed by atoms with Crippen LogP contribution in [-0.4, -0.2) is 18.5 Å². The molecule has 1 aromatic carbocycles. The highest BCUT2D eigenvalue weighted by Crippen LogP contribution is 2.16. The van der Waals surface area contributed by atoms with E-state index in [2.05, 4.69) is 21.2 Å². The molecule has 0 spiro atoms. The van der Waals surface area contributed by atoms with Gasteiger partial charge in [0.1, 0.15) is 5.82 Å². The van der Waals surface area contributed by atoms with Gasteiger partial charge in [0.05, 0.1) is 4.47 Å². The molecule has 0 heterocycles. The van der Waals surface area contributed by atoms with Crippen LogP contribution in [0, 0.1) is 5.82 Å². The summed E-state index contributed by atoms with van der Waals surface area (Å²) in [6.45, 7) is 2.17. The van der Waals surface area contributed by atoms with Crippen LogP contribution in [0.2, 0.25) is 0 Å². The minimum Gasteiger partial charge on any atom is -0.348 e. The van der Waals surface area contributed by atoms with Crippen molar-refractivity contribution in [2.45, 2.75) is 13.0 Å². The zero-order valence-corrected chi connectivity index (χ0v) is 9.84. The molecule has 0 aliphatic rings. The molecule has 0 aliphatic carbocycles. The van der Waals surface area contributed by atoms with E-state index < -0.39 is 5.82 Å². The van der Waals surface area contributed by atoms with Crippen molar-refractivity contribution in [1.29, 1.82) is 0 Å². The third-order valence-corrected chi connectivity index (χ3v) is 2.52. The number of nitrogens with two attached hydrogens (primary N) is 1. The van der Waals surface area contributed by atoms with E-state index in [0.717, 1.165) is 0 Å². The zero-order valence-electron chi connectivity index (χ0n) is 8.26. The number of hydrogen-bond donors (Lipinski definition) is 2. The Labute approximate surface area is 96.0 Å². The Hall–Kier alpha value is -0.940. The molecule has 15 heavy (non-hydrogen) atoms. The van der Waals surface area contributed by atoms with Crippen LogP contribution in [0.5, 0.6) is 0 Å². The highest BCUT2D eigenvalue weighted by Gasteiger charge is 2.10. The Morgan fingerprint density at radius 3 is 2.87 bits per heavy atom. The second kappa shape index (κ2) is 5.23. The van der Waals surface area contributed by atoms with Crippen molar-refractivity contribution < 1.29 is 9.18 Å². The number of nitrogens with one attached hydrogen (secondary N) is 1. The number of carbonyl (C=O) groups excluding carboxylic acids is 1. The molecule has 3 nitrogen and oxygen atoms in total.